The number of carbonyl (C=O) groups is 2. The number of nitrogens with zero attached hydrogens (tertiary/aromatic N) is 2. The third kappa shape index (κ3) is 2.14. The highest BCUT2D eigenvalue weighted by Gasteiger charge is 2.24. The quantitative estimate of drug-likeness (QED) is 0.760. The molecular formula is C14H15ClN2O3. The monoisotopic (exact) mass is 294 g/mol. The molecule has 6 heteroatoms. The fourth-order valence-electron chi connectivity index (χ4n) is 2.19. The molecule has 0 aliphatic carbocycles. The number of esters is 1. The van der Waals surface area contributed by atoms with Gasteiger partial charge in [-0.1, -0.05) is 17.7 Å². The first-order valence-electron chi connectivity index (χ1n) is 5.99. The van der Waals surface area contributed by atoms with E-state index in [1.54, 1.807) is 39.2 Å². The smallest absolute Gasteiger partial charge is 0.340 e. The Hall–Kier alpha value is -2.01. The summed E-state index contributed by atoms with van der Waals surface area (Å²) in [6.45, 7) is 1.71. The van der Waals surface area contributed by atoms with Crippen molar-refractivity contribution in [2.24, 2.45) is 0 Å². The molecule has 2 rings (SSSR count). The Labute approximate surface area is 121 Å². The number of rotatable bonds is 1. The average Bonchev–Trinajstić information content (AvgIpc) is 2.68. The molecule has 0 aliphatic rings. The Balaban J connectivity index is 2.86. The lowest BCUT2D eigenvalue weighted by Crippen LogP contribution is -2.28. The Morgan fingerprint density at radius 3 is 2.50 bits per heavy atom. The lowest BCUT2D eigenvalue weighted by atomic mass is 10.1. The number of hydrogen-bond donors (Lipinski definition) is 0. The first-order chi connectivity index (χ1) is 9.38. The standard InChI is InChI=1S/C14H15ClN2O3/c1-8-12(13(18)20-4)10-6-5-9(15)7-11(10)17(8)14(19)16(2)3/h5-7H,1-4H3. The van der Waals surface area contributed by atoms with Gasteiger partial charge in [-0.2, -0.15) is 0 Å². The van der Waals surface area contributed by atoms with E-state index >= 15 is 0 Å². The summed E-state index contributed by atoms with van der Waals surface area (Å²) in [6, 6.07) is 4.82. The molecule has 5 nitrogen and oxygen atoms in total. The molecule has 20 heavy (non-hydrogen) atoms. The van der Waals surface area contributed by atoms with E-state index in [-0.39, 0.29) is 6.03 Å². The van der Waals surface area contributed by atoms with Crippen LogP contribution in [0.15, 0.2) is 18.2 Å². The van der Waals surface area contributed by atoms with Crippen molar-refractivity contribution in [3.8, 4) is 0 Å². The number of ether oxygens (including phenoxy) is 1. The topological polar surface area (TPSA) is 51.5 Å². The molecule has 1 heterocycles. The van der Waals surface area contributed by atoms with Gasteiger partial charge in [-0.05, 0) is 19.1 Å². The van der Waals surface area contributed by atoms with Crippen molar-refractivity contribution in [1.29, 1.82) is 0 Å². The van der Waals surface area contributed by atoms with Gasteiger partial charge in [-0.3, -0.25) is 4.57 Å². The van der Waals surface area contributed by atoms with E-state index < -0.39 is 5.97 Å². The van der Waals surface area contributed by atoms with Crippen LogP contribution in [0.2, 0.25) is 5.02 Å². The first kappa shape index (κ1) is 14.4. The second kappa shape index (κ2) is 5.17. The largest absolute Gasteiger partial charge is 0.465 e. The van der Waals surface area contributed by atoms with Crippen LogP contribution in [0.5, 0.6) is 0 Å². The van der Waals surface area contributed by atoms with Gasteiger partial charge in [0.25, 0.3) is 0 Å². The number of halogens is 1. The van der Waals surface area contributed by atoms with Crippen molar-refractivity contribution in [3.63, 3.8) is 0 Å². The maximum atomic E-state index is 12.3. The van der Waals surface area contributed by atoms with Gasteiger partial charge >= 0.3 is 12.0 Å². The Kier molecular flexibility index (Phi) is 3.72. The summed E-state index contributed by atoms with van der Waals surface area (Å²) >= 11 is 6.00. The fraction of sp³-hybridized carbons (Fsp3) is 0.286. The van der Waals surface area contributed by atoms with Crippen LogP contribution in [0.1, 0.15) is 16.1 Å². The molecule has 0 N–H and O–H groups in total. The predicted molar refractivity (Wildman–Crippen MR) is 77.5 cm³/mol. The van der Waals surface area contributed by atoms with Crippen molar-refractivity contribution in [2.75, 3.05) is 21.2 Å². The minimum absolute atomic E-state index is 0.245. The van der Waals surface area contributed by atoms with Crippen LogP contribution >= 0.6 is 11.6 Å². The zero-order valence-corrected chi connectivity index (χ0v) is 12.5. The molecule has 0 bridgehead atoms. The maximum absolute atomic E-state index is 12.3. The van der Waals surface area contributed by atoms with E-state index in [9.17, 15) is 9.59 Å². The summed E-state index contributed by atoms with van der Waals surface area (Å²) in [4.78, 5) is 25.7. The number of carbonyl (C=O) groups excluding carboxylic acids is 2. The van der Waals surface area contributed by atoms with E-state index in [0.717, 1.165) is 0 Å². The third-order valence-electron chi connectivity index (χ3n) is 3.13. The van der Waals surface area contributed by atoms with Crippen LogP contribution in [0, 0.1) is 6.92 Å². The fourth-order valence-corrected chi connectivity index (χ4v) is 2.36. The zero-order valence-electron chi connectivity index (χ0n) is 11.7. The zero-order chi connectivity index (χ0) is 15.0. The summed E-state index contributed by atoms with van der Waals surface area (Å²) in [5.74, 6) is -0.472. The summed E-state index contributed by atoms with van der Waals surface area (Å²) in [5, 5.41) is 1.15. The first-order valence-corrected chi connectivity index (χ1v) is 6.36. The molecule has 1 amide bonds. The number of methoxy groups -OCH3 is 1. The highest BCUT2D eigenvalue weighted by atomic mass is 35.5. The summed E-state index contributed by atoms with van der Waals surface area (Å²) in [6.07, 6.45) is 0. The van der Waals surface area contributed by atoms with E-state index in [1.807, 2.05) is 0 Å². The molecule has 0 saturated heterocycles. The molecule has 0 fully saturated rings. The van der Waals surface area contributed by atoms with Crippen molar-refractivity contribution in [3.05, 3.63) is 34.5 Å². The van der Waals surface area contributed by atoms with Gasteiger partial charge < -0.3 is 9.64 Å². The van der Waals surface area contributed by atoms with Crippen molar-refractivity contribution in [2.45, 2.75) is 6.92 Å². The molecule has 0 atom stereocenters. The van der Waals surface area contributed by atoms with E-state index in [4.69, 9.17) is 16.3 Å². The Bertz CT molecular complexity index is 704. The normalized spacial score (nSPS) is 10.7. The molecule has 0 saturated carbocycles. The number of amides is 1. The minimum Gasteiger partial charge on any atom is -0.465 e. The van der Waals surface area contributed by atoms with Gasteiger partial charge in [-0.25, -0.2) is 9.59 Å². The molecule has 106 valence electrons. The van der Waals surface area contributed by atoms with Crippen molar-refractivity contribution < 1.29 is 14.3 Å². The number of hydrogen-bond acceptors (Lipinski definition) is 3. The van der Waals surface area contributed by atoms with Gasteiger partial charge in [0.1, 0.15) is 0 Å². The third-order valence-corrected chi connectivity index (χ3v) is 3.37. The summed E-state index contributed by atoms with van der Waals surface area (Å²) in [7, 11) is 4.61. The molecule has 1 aromatic heterocycles. The highest BCUT2D eigenvalue weighted by Crippen LogP contribution is 2.29. The second-order valence-electron chi connectivity index (χ2n) is 4.63. The van der Waals surface area contributed by atoms with E-state index in [1.165, 1.54) is 16.6 Å². The molecule has 1 aromatic carbocycles. The van der Waals surface area contributed by atoms with Crippen molar-refractivity contribution >= 4 is 34.5 Å². The molecule has 0 spiro atoms. The lowest BCUT2D eigenvalue weighted by Gasteiger charge is -2.13. The van der Waals surface area contributed by atoms with E-state index in [2.05, 4.69) is 0 Å². The second-order valence-corrected chi connectivity index (χ2v) is 5.06. The molecule has 0 aliphatic heterocycles. The summed E-state index contributed by atoms with van der Waals surface area (Å²) < 4.78 is 6.26. The lowest BCUT2D eigenvalue weighted by molar-refractivity contribution is 0.0602. The minimum atomic E-state index is -0.472. The number of fused-ring (bicyclic) bond motifs is 1. The van der Waals surface area contributed by atoms with Gasteiger partial charge in [-0.15, -0.1) is 0 Å². The van der Waals surface area contributed by atoms with Crippen LogP contribution in [-0.4, -0.2) is 42.7 Å². The van der Waals surface area contributed by atoms with Gasteiger partial charge in [0, 0.05) is 30.2 Å². The maximum Gasteiger partial charge on any atom is 0.340 e. The Morgan fingerprint density at radius 2 is 1.95 bits per heavy atom. The van der Waals surface area contributed by atoms with E-state index in [0.29, 0.717) is 27.2 Å². The molecular weight excluding hydrogens is 280 g/mol. The van der Waals surface area contributed by atoms with Gasteiger partial charge in [0.2, 0.25) is 0 Å². The average molecular weight is 295 g/mol. The molecule has 0 radical (unpaired) electrons. The van der Waals surface area contributed by atoms with Crippen LogP contribution in [0.3, 0.4) is 0 Å². The molecule has 2 aromatic rings. The number of benzene rings is 1. The predicted octanol–water partition coefficient (Wildman–Crippen LogP) is 2.92. The Morgan fingerprint density at radius 1 is 1.30 bits per heavy atom. The highest BCUT2D eigenvalue weighted by molar-refractivity contribution is 6.31. The van der Waals surface area contributed by atoms with Crippen LogP contribution < -0.4 is 0 Å². The molecule has 0 unspecified atom stereocenters. The SMILES string of the molecule is COC(=O)c1c(C)n(C(=O)N(C)C)c2cc(Cl)ccc12. The van der Waals surface area contributed by atoms with Crippen LogP contribution in [0.25, 0.3) is 10.9 Å². The van der Waals surface area contributed by atoms with Crippen LogP contribution in [0.4, 0.5) is 4.79 Å². The van der Waals surface area contributed by atoms with Crippen LogP contribution in [-0.2, 0) is 4.74 Å². The number of aromatic nitrogens is 1. The van der Waals surface area contributed by atoms with Crippen molar-refractivity contribution in [1.82, 2.24) is 9.47 Å². The summed E-state index contributed by atoms with van der Waals surface area (Å²) in [5.41, 5.74) is 1.51. The van der Waals surface area contributed by atoms with Gasteiger partial charge in [0.15, 0.2) is 0 Å². The van der Waals surface area contributed by atoms with Gasteiger partial charge in [0.05, 0.1) is 18.2 Å².